The van der Waals surface area contributed by atoms with E-state index in [0.29, 0.717) is 13.2 Å². The van der Waals surface area contributed by atoms with Gasteiger partial charge in [0.1, 0.15) is 0 Å². The zero-order chi connectivity index (χ0) is 8.27. The summed E-state index contributed by atoms with van der Waals surface area (Å²) in [5, 5.41) is 0. The number of carbonyl (C=O) groups excluding carboxylic acids is 1. The SMILES string of the molecule is CC(C([NH])=O)N1CCOCC1. The van der Waals surface area contributed by atoms with Gasteiger partial charge >= 0.3 is 0 Å². The van der Waals surface area contributed by atoms with Crippen LogP contribution in [0.2, 0.25) is 0 Å². The Morgan fingerprint density at radius 2 is 2.09 bits per heavy atom. The molecule has 0 spiro atoms. The normalized spacial score (nSPS) is 23.0. The Bertz CT molecular complexity index is 143. The highest BCUT2D eigenvalue weighted by Gasteiger charge is 2.20. The number of morpholine rings is 1. The number of hydrogen-bond acceptors (Lipinski definition) is 3. The summed E-state index contributed by atoms with van der Waals surface area (Å²) in [5.41, 5.74) is 6.90. The molecule has 1 aliphatic heterocycles. The highest BCUT2D eigenvalue weighted by molar-refractivity contribution is 5.78. The molecule has 1 rings (SSSR count). The van der Waals surface area contributed by atoms with Gasteiger partial charge in [-0.05, 0) is 6.92 Å². The Hall–Kier alpha value is -0.610. The molecule has 1 atom stereocenters. The average molecular weight is 157 g/mol. The van der Waals surface area contributed by atoms with Crippen molar-refractivity contribution in [2.45, 2.75) is 13.0 Å². The zero-order valence-electron chi connectivity index (χ0n) is 6.67. The monoisotopic (exact) mass is 157 g/mol. The van der Waals surface area contributed by atoms with Crippen molar-refractivity contribution < 1.29 is 9.53 Å². The van der Waals surface area contributed by atoms with E-state index >= 15 is 0 Å². The summed E-state index contributed by atoms with van der Waals surface area (Å²) in [7, 11) is 0. The third-order valence-electron chi connectivity index (χ3n) is 1.97. The third-order valence-corrected chi connectivity index (χ3v) is 1.97. The summed E-state index contributed by atoms with van der Waals surface area (Å²) in [6.07, 6.45) is 0. The minimum Gasteiger partial charge on any atom is -0.379 e. The minimum absolute atomic E-state index is 0.265. The topological polar surface area (TPSA) is 53.3 Å². The van der Waals surface area contributed by atoms with Crippen molar-refractivity contribution in [2.75, 3.05) is 26.3 Å². The van der Waals surface area contributed by atoms with Gasteiger partial charge in [0.15, 0.2) is 0 Å². The van der Waals surface area contributed by atoms with E-state index in [2.05, 4.69) is 0 Å². The van der Waals surface area contributed by atoms with Crippen molar-refractivity contribution in [3.63, 3.8) is 0 Å². The van der Waals surface area contributed by atoms with Gasteiger partial charge in [-0.2, -0.15) is 0 Å². The van der Waals surface area contributed by atoms with Crippen molar-refractivity contribution in [3.8, 4) is 0 Å². The van der Waals surface area contributed by atoms with Crippen molar-refractivity contribution in [2.24, 2.45) is 0 Å². The molecule has 0 aromatic carbocycles. The van der Waals surface area contributed by atoms with Crippen LogP contribution in [0.4, 0.5) is 0 Å². The molecular weight excluding hydrogens is 144 g/mol. The fourth-order valence-electron chi connectivity index (χ4n) is 1.13. The van der Waals surface area contributed by atoms with E-state index in [1.165, 1.54) is 0 Å². The third kappa shape index (κ3) is 2.17. The molecule has 4 heteroatoms. The Morgan fingerprint density at radius 3 is 2.55 bits per heavy atom. The summed E-state index contributed by atoms with van der Waals surface area (Å²) in [6.45, 7) is 4.66. The molecule has 0 saturated carbocycles. The molecule has 1 aliphatic rings. The summed E-state index contributed by atoms with van der Waals surface area (Å²) in [4.78, 5) is 12.6. The predicted molar refractivity (Wildman–Crippen MR) is 40.0 cm³/mol. The molecule has 1 radical (unpaired) electrons. The molecule has 1 saturated heterocycles. The second-order valence-corrected chi connectivity index (χ2v) is 2.69. The van der Waals surface area contributed by atoms with Gasteiger partial charge in [-0.1, -0.05) is 0 Å². The van der Waals surface area contributed by atoms with Crippen LogP contribution in [0.25, 0.3) is 0 Å². The van der Waals surface area contributed by atoms with E-state index in [9.17, 15) is 4.79 Å². The lowest BCUT2D eigenvalue weighted by atomic mass is 10.2. The molecule has 0 aliphatic carbocycles. The van der Waals surface area contributed by atoms with Gasteiger partial charge < -0.3 is 4.74 Å². The highest BCUT2D eigenvalue weighted by Crippen LogP contribution is 2.02. The molecule has 1 N–H and O–H groups in total. The van der Waals surface area contributed by atoms with E-state index in [0.717, 1.165) is 13.1 Å². The number of hydrogen-bond donors (Lipinski definition) is 0. The molecule has 4 nitrogen and oxygen atoms in total. The quantitative estimate of drug-likeness (QED) is 0.544. The van der Waals surface area contributed by atoms with Gasteiger partial charge in [-0.25, -0.2) is 0 Å². The molecular formula is C7H13N2O2. The number of nitrogens with one attached hydrogen (secondary N) is 1. The molecule has 1 fully saturated rings. The Kier molecular flexibility index (Phi) is 2.84. The maximum Gasteiger partial charge on any atom is 0.255 e. The van der Waals surface area contributed by atoms with Crippen LogP contribution in [0.15, 0.2) is 0 Å². The number of nitrogens with zero attached hydrogens (tertiary/aromatic N) is 1. The van der Waals surface area contributed by atoms with Crippen molar-refractivity contribution >= 4 is 5.91 Å². The second-order valence-electron chi connectivity index (χ2n) is 2.69. The first-order valence-electron chi connectivity index (χ1n) is 3.79. The fourth-order valence-corrected chi connectivity index (χ4v) is 1.13. The van der Waals surface area contributed by atoms with Gasteiger partial charge in [0, 0.05) is 13.1 Å². The lowest BCUT2D eigenvalue weighted by Crippen LogP contribution is -2.46. The van der Waals surface area contributed by atoms with Gasteiger partial charge in [0.25, 0.3) is 5.91 Å². The highest BCUT2D eigenvalue weighted by atomic mass is 16.5. The molecule has 0 bridgehead atoms. The first kappa shape index (κ1) is 8.49. The molecule has 1 amide bonds. The molecule has 0 aromatic rings. The number of amides is 1. The Morgan fingerprint density at radius 1 is 1.55 bits per heavy atom. The summed E-state index contributed by atoms with van der Waals surface area (Å²) < 4.78 is 5.12. The van der Waals surface area contributed by atoms with Crippen LogP contribution in [-0.2, 0) is 9.53 Å². The molecule has 63 valence electrons. The number of carbonyl (C=O) groups is 1. The number of ether oxygens (including phenoxy) is 1. The first-order valence-corrected chi connectivity index (χ1v) is 3.79. The van der Waals surface area contributed by atoms with Crippen LogP contribution >= 0.6 is 0 Å². The molecule has 0 aromatic heterocycles. The largest absolute Gasteiger partial charge is 0.379 e. The van der Waals surface area contributed by atoms with E-state index in [-0.39, 0.29) is 6.04 Å². The maximum absolute atomic E-state index is 10.6. The van der Waals surface area contributed by atoms with E-state index in [1.54, 1.807) is 6.92 Å². The second kappa shape index (κ2) is 3.69. The van der Waals surface area contributed by atoms with E-state index in [1.807, 2.05) is 4.90 Å². The van der Waals surface area contributed by atoms with Crippen molar-refractivity contribution in [3.05, 3.63) is 0 Å². The summed E-state index contributed by atoms with van der Waals surface area (Å²) in [5.74, 6) is -0.508. The Balaban J connectivity index is 2.38. The summed E-state index contributed by atoms with van der Waals surface area (Å²) >= 11 is 0. The zero-order valence-corrected chi connectivity index (χ0v) is 6.67. The smallest absolute Gasteiger partial charge is 0.255 e. The van der Waals surface area contributed by atoms with E-state index < -0.39 is 5.91 Å². The van der Waals surface area contributed by atoms with Crippen molar-refractivity contribution in [1.82, 2.24) is 10.6 Å². The van der Waals surface area contributed by atoms with Gasteiger partial charge in [0.2, 0.25) is 0 Å². The average Bonchev–Trinajstić information content (AvgIpc) is 2.05. The van der Waals surface area contributed by atoms with Crippen LogP contribution in [0.3, 0.4) is 0 Å². The van der Waals surface area contributed by atoms with Crippen molar-refractivity contribution in [1.29, 1.82) is 0 Å². The standard InChI is InChI=1S/C7H13N2O2/c1-6(7(8)10)9-2-4-11-5-3-9/h6,8H,2-5H2,1H3. The van der Waals surface area contributed by atoms with Crippen LogP contribution < -0.4 is 5.73 Å². The van der Waals surface area contributed by atoms with Crippen LogP contribution in [0, 0.1) is 0 Å². The Labute approximate surface area is 66.3 Å². The van der Waals surface area contributed by atoms with Gasteiger partial charge in [-0.3, -0.25) is 15.4 Å². The lowest BCUT2D eigenvalue weighted by Gasteiger charge is -2.29. The maximum atomic E-state index is 10.6. The predicted octanol–water partition coefficient (Wildman–Crippen LogP) is -0.483. The molecule has 11 heavy (non-hydrogen) atoms. The summed E-state index contributed by atoms with van der Waals surface area (Å²) in [6, 6.07) is -0.265. The first-order chi connectivity index (χ1) is 5.22. The van der Waals surface area contributed by atoms with E-state index in [4.69, 9.17) is 10.5 Å². The van der Waals surface area contributed by atoms with Gasteiger partial charge in [-0.15, -0.1) is 0 Å². The van der Waals surface area contributed by atoms with Crippen LogP contribution in [0.1, 0.15) is 6.92 Å². The lowest BCUT2D eigenvalue weighted by molar-refractivity contribution is -0.124. The number of rotatable bonds is 2. The van der Waals surface area contributed by atoms with Gasteiger partial charge in [0.05, 0.1) is 19.3 Å². The van der Waals surface area contributed by atoms with Crippen LogP contribution in [-0.4, -0.2) is 43.2 Å². The minimum atomic E-state index is -0.508. The molecule has 1 unspecified atom stereocenters. The van der Waals surface area contributed by atoms with Crippen LogP contribution in [0.5, 0.6) is 0 Å². The molecule has 1 heterocycles. The fraction of sp³-hybridized carbons (Fsp3) is 0.857.